The number of carboxylic acid groups (broad SMARTS) is 1. The normalized spacial score (nSPS) is 15.1. The van der Waals surface area contributed by atoms with Gasteiger partial charge in [-0.3, -0.25) is 4.79 Å². The van der Waals surface area contributed by atoms with Gasteiger partial charge >= 0.3 is 5.97 Å². The van der Waals surface area contributed by atoms with Gasteiger partial charge in [0, 0.05) is 11.8 Å². The average Bonchev–Trinajstić information content (AvgIpc) is 2.16. The lowest BCUT2D eigenvalue weighted by Gasteiger charge is -2.25. The van der Waals surface area contributed by atoms with Crippen LogP contribution in [-0.4, -0.2) is 16.4 Å². The van der Waals surface area contributed by atoms with Gasteiger partial charge in [0.05, 0.1) is 0 Å². The molecular formula is C11H21BrO2. The predicted molar refractivity (Wildman–Crippen MR) is 62.9 cm³/mol. The fraction of sp³-hybridized carbons (Fsp3) is 0.909. The highest BCUT2D eigenvalue weighted by molar-refractivity contribution is 9.09. The Morgan fingerprint density at radius 1 is 1.36 bits per heavy atom. The molecule has 84 valence electrons. The summed E-state index contributed by atoms with van der Waals surface area (Å²) in [6.45, 7) is 4.48. The van der Waals surface area contributed by atoms with Crippen molar-refractivity contribution in [1.82, 2.24) is 0 Å². The van der Waals surface area contributed by atoms with Gasteiger partial charge in [-0.05, 0) is 24.7 Å². The third-order valence-electron chi connectivity index (χ3n) is 2.85. The first-order chi connectivity index (χ1) is 6.54. The van der Waals surface area contributed by atoms with E-state index in [1.165, 1.54) is 12.8 Å². The predicted octanol–water partition coefficient (Wildman–Crippen LogP) is 3.83. The molecule has 0 aliphatic carbocycles. The van der Waals surface area contributed by atoms with Crippen molar-refractivity contribution in [3.63, 3.8) is 0 Å². The summed E-state index contributed by atoms with van der Waals surface area (Å²) in [7, 11) is 0. The van der Waals surface area contributed by atoms with Crippen LogP contribution in [0.2, 0.25) is 0 Å². The number of aliphatic carboxylic acids is 1. The van der Waals surface area contributed by atoms with Crippen LogP contribution in [0.25, 0.3) is 0 Å². The molecule has 0 radical (unpaired) electrons. The number of rotatable bonds is 8. The Hall–Kier alpha value is -0.0500. The van der Waals surface area contributed by atoms with Crippen LogP contribution in [0.3, 0.4) is 0 Å². The average molecular weight is 265 g/mol. The molecule has 0 saturated carbocycles. The maximum absolute atomic E-state index is 10.3. The van der Waals surface area contributed by atoms with E-state index in [1.54, 1.807) is 0 Å². The second-order valence-electron chi connectivity index (χ2n) is 4.25. The fourth-order valence-corrected chi connectivity index (χ4v) is 2.02. The summed E-state index contributed by atoms with van der Waals surface area (Å²) < 4.78 is 0. The molecule has 0 aliphatic rings. The summed E-state index contributed by atoms with van der Waals surface area (Å²) >= 11 is 3.53. The topological polar surface area (TPSA) is 37.3 Å². The van der Waals surface area contributed by atoms with E-state index < -0.39 is 5.97 Å². The molecule has 0 aliphatic heterocycles. The van der Waals surface area contributed by atoms with Crippen molar-refractivity contribution in [2.24, 2.45) is 5.41 Å². The first kappa shape index (κ1) is 13.9. The van der Waals surface area contributed by atoms with E-state index in [0.717, 1.165) is 24.6 Å². The molecule has 0 heterocycles. The molecule has 0 aromatic carbocycles. The molecular weight excluding hydrogens is 244 g/mol. The van der Waals surface area contributed by atoms with Crippen LogP contribution in [-0.2, 0) is 4.79 Å². The van der Waals surface area contributed by atoms with E-state index in [1.807, 2.05) is 0 Å². The highest BCUT2D eigenvalue weighted by atomic mass is 79.9. The van der Waals surface area contributed by atoms with Gasteiger partial charge in [-0.1, -0.05) is 42.6 Å². The second kappa shape index (κ2) is 7.27. The minimum absolute atomic E-state index is 0.317. The van der Waals surface area contributed by atoms with E-state index in [9.17, 15) is 4.79 Å². The van der Waals surface area contributed by atoms with Crippen LogP contribution in [0.1, 0.15) is 52.4 Å². The standard InChI is InChI=1S/C11H21BrO2/c1-3-11(2,9-12)8-6-4-5-7-10(13)14/h3-9H2,1-2H3,(H,13,14). The Kier molecular flexibility index (Phi) is 7.24. The lowest BCUT2D eigenvalue weighted by Crippen LogP contribution is -2.16. The zero-order valence-electron chi connectivity index (χ0n) is 9.18. The largest absolute Gasteiger partial charge is 0.481 e. The zero-order valence-corrected chi connectivity index (χ0v) is 10.8. The van der Waals surface area contributed by atoms with Crippen LogP contribution in [0.5, 0.6) is 0 Å². The van der Waals surface area contributed by atoms with E-state index in [-0.39, 0.29) is 0 Å². The molecule has 2 nitrogen and oxygen atoms in total. The van der Waals surface area contributed by atoms with E-state index in [2.05, 4.69) is 29.8 Å². The van der Waals surface area contributed by atoms with Gasteiger partial charge in [-0.2, -0.15) is 0 Å². The molecule has 0 aromatic rings. The van der Waals surface area contributed by atoms with Gasteiger partial charge in [0.2, 0.25) is 0 Å². The molecule has 0 spiro atoms. The Bertz CT molecular complexity index is 165. The van der Waals surface area contributed by atoms with Gasteiger partial charge < -0.3 is 5.11 Å². The highest BCUT2D eigenvalue weighted by Crippen LogP contribution is 2.30. The fourth-order valence-electron chi connectivity index (χ4n) is 1.34. The van der Waals surface area contributed by atoms with Gasteiger partial charge in [0.1, 0.15) is 0 Å². The number of hydrogen-bond acceptors (Lipinski definition) is 1. The summed E-state index contributed by atoms with van der Waals surface area (Å²) in [6, 6.07) is 0. The minimum atomic E-state index is -0.677. The summed E-state index contributed by atoms with van der Waals surface area (Å²) in [5.41, 5.74) is 0.392. The molecule has 0 aromatic heterocycles. The number of unbranched alkanes of at least 4 members (excludes halogenated alkanes) is 2. The maximum atomic E-state index is 10.3. The van der Waals surface area contributed by atoms with Crippen molar-refractivity contribution in [1.29, 1.82) is 0 Å². The summed E-state index contributed by atoms with van der Waals surface area (Å²) in [5.74, 6) is -0.677. The molecule has 0 bridgehead atoms. The van der Waals surface area contributed by atoms with Gasteiger partial charge in [0.15, 0.2) is 0 Å². The number of hydrogen-bond donors (Lipinski definition) is 1. The smallest absolute Gasteiger partial charge is 0.303 e. The van der Waals surface area contributed by atoms with Crippen LogP contribution in [0, 0.1) is 5.41 Å². The molecule has 0 rings (SSSR count). The number of carbonyl (C=O) groups is 1. The molecule has 0 fully saturated rings. The molecule has 1 atom stereocenters. The van der Waals surface area contributed by atoms with Crippen molar-refractivity contribution in [3.8, 4) is 0 Å². The SMILES string of the molecule is CCC(C)(CBr)CCCCCC(=O)O. The van der Waals surface area contributed by atoms with Crippen LogP contribution < -0.4 is 0 Å². The molecule has 14 heavy (non-hydrogen) atoms. The Morgan fingerprint density at radius 3 is 2.43 bits per heavy atom. The van der Waals surface area contributed by atoms with Crippen LogP contribution in [0.15, 0.2) is 0 Å². The van der Waals surface area contributed by atoms with E-state index in [0.29, 0.717) is 11.8 Å². The Balaban J connectivity index is 3.47. The van der Waals surface area contributed by atoms with Crippen LogP contribution >= 0.6 is 15.9 Å². The second-order valence-corrected chi connectivity index (χ2v) is 4.81. The maximum Gasteiger partial charge on any atom is 0.303 e. The number of alkyl halides is 1. The zero-order chi connectivity index (χ0) is 11.0. The van der Waals surface area contributed by atoms with Gasteiger partial charge in [0.25, 0.3) is 0 Å². The van der Waals surface area contributed by atoms with Gasteiger partial charge in [-0.15, -0.1) is 0 Å². The molecule has 1 N–H and O–H groups in total. The van der Waals surface area contributed by atoms with Crippen molar-refractivity contribution in [2.75, 3.05) is 5.33 Å². The first-order valence-electron chi connectivity index (χ1n) is 5.32. The lowest BCUT2D eigenvalue weighted by molar-refractivity contribution is -0.137. The van der Waals surface area contributed by atoms with E-state index >= 15 is 0 Å². The van der Waals surface area contributed by atoms with Crippen molar-refractivity contribution in [3.05, 3.63) is 0 Å². The molecule has 0 amide bonds. The molecule has 1 unspecified atom stereocenters. The monoisotopic (exact) mass is 264 g/mol. The minimum Gasteiger partial charge on any atom is -0.481 e. The van der Waals surface area contributed by atoms with Crippen molar-refractivity contribution in [2.45, 2.75) is 52.4 Å². The lowest BCUT2D eigenvalue weighted by atomic mass is 9.84. The third kappa shape index (κ3) is 6.41. The summed E-state index contributed by atoms with van der Waals surface area (Å²) in [6.07, 6.45) is 5.68. The summed E-state index contributed by atoms with van der Waals surface area (Å²) in [5, 5.41) is 9.49. The Morgan fingerprint density at radius 2 is 2.00 bits per heavy atom. The number of carboxylic acids is 1. The van der Waals surface area contributed by atoms with Crippen molar-refractivity contribution < 1.29 is 9.90 Å². The van der Waals surface area contributed by atoms with Crippen LogP contribution in [0.4, 0.5) is 0 Å². The number of halogens is 1. The quantitative estimate of drug-likeness (QED) is 0.535. The highest BCUT2D eigenvalue weighted by Gasteiger charge is 2.19. The Labute approximate surface area is 95.2 Å². The third-order valence-corrected chi connectivity index (χ3v) is 4.20. The van der Waals surface area contributed by atoms with E-state index in [4.69, 9.17) is 5.11 Å². The first-order valence-corrected chi connectivity index (χ1v) is 6.44. The van der Waals surface area contributed by atoms with Gasteiger partial charge in [-0.25, -0.2) is 0 Å². The van der Waals surface area contributed by atoms with Crippen molar-refractivity contribution >= 4 is 21.9 Å². The summed E-state index contributed by atoms with van der Waals surface area (Å²) in [4.78, 5) is 10.3. The molecule has 3 heteroatoms. The molecule has 0 saturated heterocycles.